The molecular weight excluding hydrogens is 242 g/mol. The minimum absolute atomic E-state index is 0.0989. The monoisotopic (exact) mass is 263 g/mol. The standard InChI is InChI=1S/C14H21N3O2/c1-4-15-13-6-5-10(2)9-12(13)14(19)17-8-7-16-11(3)18/h5-6,9,15H,4,7-8H2,1-3H3,(H,16,18)(H,17,19). The number of rotatable bonds is 6. The molecule has 0 atom stereocenters. The Morgan fingerprint density at radius 3 is 2.47 bits per heavy atom. The van der Waals surface area contributed by atoms with E-state index in [2.05, 4.69) is 16.0 Å². The van der Waals surface area contributed by atoms with Crippen LogP contribution in [0.1, 0.15) is 29.8 Å². The van der Waals surface area contributed by atoms with Gasteiger partial charge in [-0.3, -0.25) is 9.59 Å². The van der Waals surface area contributed by atoms with E-state index in [0.717, 1.165) is 17.8 Å². The molecule has 0 saturated carbocycles. The van der Waals surface area contributed by atoms with Crippen molar-refractivity contribution >= 4 is 17.5 Å². The molecule has 0 heterocycles. The number of benzene rings is 1. The van der Waals surface area contributed by atoms with Crippen molar-refractivity contribution in [3.05, 3.63) is 29.3 Å². The van der Waals surface area contributed by atoms with E-state index in [9.17, 15) is 9.59 Å². The molecule has 0 aliphatic heterocycles. The summed E-state index contributed by atoms with van der Waals surface area (Å²) in [5, 5.41) is 8.58. The summed E-state index contributed by atoms with van der Waals surface area (Å²) >= 11 is 0. The van der Waals surface area contributed by atoms with Gasteiger partial charge in [0.2, 0.25) is 5.91 Å². The van der Waals surface area contributed by atoms with Crippen molar-refractivity contribution in [2.24, 2.45) is 0 Å². The lowest BCUT2D eigenvalue weighted by Gasteiger charge is -2.12. The molecule has 2 amide bonds. The fourth-order valence-corrected chi connectivity index (χ4v) is 1.70. The predicted molar refractivity (Wildman–Crippen MR) is 76.4 cm³/mol. The van der Waals surface area contributed by atoms with Crippen molar-refractivity contribution in [1.82, 2.24) is 10.6 Å². The molecule has 0 aliphatic rings. The van der Waals surface area contributed by atoms with Crippen molar-refractivity contribution in [1.29, 1.82) is 0 Å². The molecule has 0 radical (unpaired) electrons. The molecular formula is C14H21N3O2. The van der Waals surface area contributed by atoms with Crippen LogP contribution in [0, 0.1) is 6.92 Å². The molecule has 0 fully saturated rings. The molecule has 1 rings (SSSR count). The zero-order chi connectivity index (χ0) is 14.3. The normalized spacial score (nSPS) is 9.84. The number of nitrogens with one attached hydrogen (secondary N) is 3. The average Bonchev–Trinajstić information content (AvgIpc) is 2.36. The van der Waals surface area contributed by atoms with E-state index < -0.39 is 0 Å². The molecule has 5 nitrogen and oxygen atoms in total. The third kappa shape index (κ3) is 4.99. The van der Waals surface area contributed by atoms with Gasteiger partial charge >= 0.3 is 0 Å². The molecule has 0 aliphatic carbocycles. The van der Waals surface area contributed by atoms with E-state index in [1.165, 1.54) is 6.92 Å². The molecule has 0 aromatic heterocycles. The predicted octanol–water partition coefficient (Wildman–Crippen LogP) is 1.29. The Hall–Kier alpha value is -2.04. The highest BCUT2D eigenvalue weighted by atomic mass is 16.2. The molecule has 19 heavy (non-hydrogen) atoms. The Bertz CT molecular complexity index is 458. The Kier molecular flexibility index (Phi) is 5.85. The Morgan fingerprint density at radius 1 is 1.16 bits per heavy atom. The van der Waals surface area contributed by atoms with Crippen LogP contribution in [0.2, 0.25) is 0 Å². The Labute approximate surface area is 113 Å². The molecule has 5 heteroatoms. The van der Waals surface area contributed by atoms with E-state index >= 15 is 0 Å². The second-order valence-electron chi connectivity index (χ2n) is 4.32. The van der Waals surface area contributed by atoms with E-state index in [4.69, 9.17) is 0 Å². The summed E-state index contributed by atoms with van der Waals surface area (Å²) in [4.78, 5) is 22.8. The van der Waals surface area contributed by atoms with Crippen LogP contribution in [0.25, 0.3) is 0 Å². The highest BCUT2D eigenvalue weighted by Crippen LogP contribution is 2.17. The van der Waals surface area contributed by atoms with Crippen LogP contribution in [0.3, 0.4) is 0 Å². The number of carbonyl (C=O) groups is 2. The first kappa shape index (κ1) is 15.0. The van der Waals surface area contributed by atoms with Gasteiger partial charge in [-0.15, -0.1) is 0 Å². The number of anilines is 1. The largest absolute Gasteiger partial charge is 0.385 e. The molecule has 1 aromatic rings. The maximum Gasteiger partial charge on any atom is 0.253 e. The Balaban J connectivity index is 2.64. The van der Waals surface area contributed by atoms with Crippen LogP contribution >= 0.6 is 0 Å². The maximum absolute atomic E-state index is 12.1. The Morgan fingerprint density at radius 2 is 1.84 bits per heavy atom. The first-order valence-electron chi connectivity index (χ1n) is 6.41. The summed E-state index contributed by atoms with van der Waals surface area (Å²) in [5.74, 6) is -0.233. The second kappa shape index (κ2) is 7.41. The van der Waals surface area contributed by atoms with Crippen molar-refractivity contribution in [2.45, 2.75) is 20.8 Å². The summed E-state index contributed by atoms with van der Waals surface area (Å²) < 4.78 is 0. The van der Waals surface area contributed by atoms with E-state index in [1.807, 2.05) is 32.0 Å². The van der Waals surface area contributed by atoms with Gasteiger partial charge in [-0.1, -0.05) is 11.6 Å². The first-order chi connectivity index (χ1) is 9.04. The molecule has 0 unspecified atom stereocenters. The average molecular weight is 263 g/mol. The quantitative estimate of drug-likeness (QED) is 0.677. The number of amides is 2. The highest BCUT2D eigenvalue weighted by Gasteiger charge is 2.10. The minimum Gasteiger partial charge on any atom is -0.385 e. The lowest BCUT2D eigenvalue weighted by molar-refractivity contribution is -0.118. The second-order valence-corrected chi connectivity index (χ2v) is 4.32. The van der Waals surface area contributed by atoms with Crippen molar-refractivity contribution < 1.29 is 9.59 Å². The van der Waals surface area contributed by atoms with Gasteiger partial charge in [0.25, 0.3) is 5.91 Å². The molecule has 0 spiro atoms. The zero-order valence-corrected chi connectivity index (χ0v) is 11.7. The molecule has 1 aromatic carbocycles. The van der Waals surface area contributed by atoms with E-state index in [1.54, 1.807) is 0 Å². The summed E-state index contributed by atoms with van der Waals surface area (Å²) in [5.41, 5.74) is 2.49. The number of carbonyl (C=O) groups excluding carboxylic acids is 2. The summed E-state index contributed by atoms with van der Waals surface area (Å²) in [6, 6.07) is 5.72. The van der Waals surface area contributed by atoms with Crippen LogP contribution in [0.15, 0.2) is 18.2 Å². The lowest BCUT2D eigenvalue weighted by Crippen LogP contribution is -2.34. The summed E-state index contributed by atoms with van der Waals surface area (Å²) in [7, 11) is 0. The zero-order valence-electron chi connectivity index (χ0n) is 11.7. The lowest BCUT2D eigenvalue weighted by atomic mass is 10.1. The van der Waals surface area contributed by atoms with Gasteiger partial charge in [0.05, 0.1) is 5.56 Å². The third-order valence-electron chi connectivity index (χ3n) is 2.57. The van der Waals surface area contributed by atoms with Gasteiger partial charge in [-0.25, -0.2) is 0 Å². The topological polar surface area (TPSA) is 70.2 Å². The van der Waals surface area contributed by atoms with Gasteiger partial charge in [-0.2, -0.15) is 0 Å². The van der Waals surface area contributed by atoms with Crippen molar-refractivity contribution in [3.8, 4) is 0 Å². The van der Waals surface area contributed by atoms with E-state index in [0.29, 0.717) is 18.7 Å². The van der Waals surface area contributed by atoms with E-state index in [-0.39, 0.29) is 11.8 Å². The fraction of sp³-hybridized carbons (Fsp3) is 0.429. The van der Waals surface area contributed by atoms with Gasteiger partial charge in [-0.05, 0) is 26.0 Å². The van der Waals surface area contributed by atoms with Gasteiger partial charge in [0.1, 0.15) is 0 Å². The SMILES string of the molecule is CCNc1ccc(C)cc1C(=O)NCCNC(C)=O. The minimum atomic E-state index is -0.134. The van der Waals surface area contributed by atoms with Crippen molar-refractivity contribution in [2.75, 3.05) is 25.0 Å². The number of hydrogen-bond donors (Lipinski definition) is 3. The van der Waals surface area contributed by atoms with Crippen molar-refractivity contribution in [3.63, 3.8) is 0 Å². The van der Waals surface area contributed by atoms with Crippen LogP contribution in [-0.4, -0.2) is 31.4 Å². The summed E-state index contributed by atoms with van der Waals surface area (Å²) in [6.45, 7) is 6.99. The summed E-state index contributed by atoms with van der Waals surface area (Å²) in [6.07, 6.45) is 0. The number of aryl methyl sites for hydroxylation is 1. The van der Waals surface area contributed by atoms with Gasteiger partial charge in [0.15, 0.2) is 0 Å². The highest BCUT2D eigenvalue weighted by molar-refractivity contribution is 5.99. The molecule has 0 bridgehead atoms. The maximum atomic E-state index is 12.1. The molecule has 0 saturated heterocycles. The third-order valence-corrected chi connectivity index (χ3v) is 2.57. The van der Waals surface area contributed by atoms with Gasteiger partial charge < -0.3 is 16.0 Å². The van der Waals surface area contributed by atoms with Crippen LogP contribution < -0.4 is 16.0 Å². The van der Waals surface area contributed by atoms with Crippen LogP contribution in [-0.2, 0) is 4.79 Å². The first-order valence-corrected chi connectivity index (χ1v) is 6.41. The fourth-order valence-electron chi connectivity index (χ4n) is 1.70. The smallest absolute Gasteiger partial charge is 0.253 e. The van der Waals surface area contributed by atoms with Crippen LogP contribution in [0.5, 0.6) is 0 Å². The van der Waals surface area contributed by atoms with Gasteiger partial charge in [0, 0.05) is 32.2 Å². The molecule has 3 N–H and O–H groups in total. The molecule has 104 valence electrons. The number of hydrogen-bond acceptors (Lipinski definition) is 3. The van der Waals surface area contributed by atoms with Crippen LogP contribution in [0.4, 0.5) is 5.69 Å².